The highest BCUT2D eigenvalue weighted by atomic mass is 35.5. The lowest BCUT2D eigenvalue weighted by molar-refractivity contribution is -0.384. The van der Waals surface area contributed by atoms with Crippen LogP contribution in [0.1, 0.15) is 5.56 Å². The molecular weight excluding hydrogens is 378 g/mol. The molecule has 0 heterocycles. The second-order valence-corrected chi connectivity index (χ2v) is 5.79. The number of halogens is 1. The molecule has 0 saturated heterocycles. The third kappa shape index (κ3) is 5.54. The topological polar surface area (TPSA) is 93.5 Å². The van der Waals surface area contributed by atoms with Gasteiger partial charge in [-0.2, -0.15) is 0 Å². The summed E-state index contributed by atoms with van der Waals surface area (Å²) in [5.41, 5.74) is 0.892. The van der Waals surface area contributed by atoms with Gasteiger partial charge in [0.05, 0.1) is 12.0 Å². The number of nitro benzene ring substituents is 1. The standard InChI is InChI=1S/C17H14ClN3O4S/c1-25-13-6-2-11(3-7-13)4-9-16(22)20-17(26)19-12-5-8-14(18)15(10-12)21(23)24/h2-10H,1H3,(H2,19,20,22,26)/b9-4+. The highest BCUT2D eigenvalue weighted by molar-refractivity contribution is 7.80. The normalized spacial score (nSPS) is 10.4. The minimum Gasteiger partial charge on any atom is -0.497 e. The van der Waals surface area contributed by atoms with E-state index in [1.165, 1.54) is 24.3 Å². The number of methoxy groups -OCH3 is 1. The van der Waals surface area contributed by atoms with E-state index >= 15 is 0 Å². The molecule has 0 aliphatic heterocycles. The Bertz CT molecular complexity index is 869. The molecule has 0 aliphatic carbocycles. The van der Waals surface area contributed by atoms with E-state index in [0.717, 1.165) is 5.56 Å². The average molecular weight is 392 g/mol. The molecule has 0 aromatic heterocycles. The predicted molar refractivity (Wildman–Crippen MR) is 104 cm³/mol. The zero-order chi connectivity index (χ0) is 19.1. The number of hydrogen-bond acceptors (Lipinski definition) is 5. The Balaban J connectivity index is 1.94. The van der Waals surface area contributed by atoms with Crippen molar-refractivity contribution in [2.75, 3.05) is 12.4 Å². The zero-order valence-electron chi connectivity index (χ0n) is 13.6. The second kappa shape index (κ2) is 8.93. The third-order valence-corrected chi connectivity index (χ3v) is 3.70. The van der Waals surface area contributed by atoms with E-state index in [4.69, 9.17) is 28.6 Å². The van der Waals surface area contributed by atoms with Crippen LogP contribution < -0.4 is 15.4 Å². The molecule has 2 aromatic carbocycles. The molecule has 2 rings (SSSR count). The van der Waals surface area contributed by atoms with Gasteiger partial charge in [0.1, 0.15) is 10.8 Å². The van der Waals surface area contributed by atoms with E-state index in [1.807, 2.05) is 0 Å². The van der Waals surface area contributed by atoms with Crippen molar-refractivity contribution < 1.29 is 14.5 Å². The molecule has 9 heteroatoms. The van der Waals surface area contributed by atoms with Crippen molar-refractivity contribution in [2.24, 2.45) is 0 Å². The van der Waals surface area contributed by atoms with Crippen LogP contribution in [-0.4, -0.2) is 23.1 Å². The number of thiocarbonyl (C=S) groups is 1. The van der Waals surface area contributed by atoms with Crippen molar-refractivity contribution >= 4 is 52.3 Å². The van der Waals surface area contributed by atoms with Gasteiger partial charge in [0.2, 0.25) is 5.91 Å². The predicted octanol–water partition coefficient (Wildman–Crippen LogP) is 3.78. The Morgan fingerprint density at radius 1 is 1.27 bits per heavy atom. The SMILES string of the molecule is COc1ccc(/C=C/C(=O)NC(=S)Nc2ccc(Cl)c([N+](=O)[O-])c2)cc1. The molecule has 0 bridgehead atoms. The largest absolute Gasteiger partial charge is 0.497 e. The number of carbonyl (C=O) groups excluding carboxylic acids is 1. The summed E-state index contributed by atoms with van der Waals surface area (Å²) in [5, 5.41) is 16.0. The maximum atomic E-state index is 11.9. The van der Waals surface area contributed by atoms with Gasteiger partial charge >= 0.3 is 0 Å². The number of nitrogens with one attached hydrogen (secondary N) is 2. The lowest BCUT2D eigenvalue weighted by Gasteiger charge is -2.08. The van der Waals surface area contributed by atoms with Crippen LogP contribution in [0, 0.1) is 10.1 Å². The van der Waals surface area contributed by atoms with Gasteiger partial charge in [0.25, 0.3) is 5.69 Å². The van der Waals surface area contributed by atoms with Crippen LogP contribution in [0.2, 0.25) is 5.02 Å². The Labute approximate surface area is 159 Å². The van der Waals surface area contributed by atoms with E-state index in [1.54, 1.807) is 37.5 Å². The van der Waals surface area contributed by atoms with Gasteiger partial charge < -0.3 is 10.1 Å². The van der Waals surface area contributed by atoms with Crippen LogP contribution in [0.5, 0.6) is 5.75 Å². The highest BCUT2D eigenvalue weighted by Crippen LogP contribution is 2.27. The summed E-state index contributed by atoms with van der Waals surface area (Å²) in [6, 6.07) is 11.3. The van der Waals surface area contributed by atoms with Crippen molar-refractivity contribution in [3.8, 4) is 5.75 Å². The van der Waals surface area contributed by atoms with Crippen molar-refractivity contribution in [3.05, 3.63) is 69.2 Å². The molecule has 1 amide bonds. The number of amides is 1. The van der Waals surface area contributed by atoms with Gasteiger partial charge in [0, 0.05) is 17.8 Å². The molecule has 0 saturated carbocycles. The van der Waals surface area contributed by atoms with Crippen LogP contribution in [0.15, 0.2) is 48.5 Å². The smallest absolute Gasteiger partial charge is 0.289 e. The van der Waals surface area contributed by atoms with E-state index < -0.39 is 10.8 Å². The van der Waals surface area contributed by atoms with Gasteiger partial charge in [-0.15, -0.1) is 0 Å². The summed E-state index contributed by atoms with van der Waals surface area (Å²) in [6.07, 6.45) is 2.94. The van der Waals surface area contributed by atoms with Crippen LogP contribution in [0.25, 0.3) is 6.08 Å². The quantitative estimate of drug-likeness (QED) is 0.348. The molecule has 0 fully saturated rings. The van der Waals surface area contributed by atoms with Crippen molar-refractivity contribution in [1.82, 2.24) is 5.32 Å². The van der Waals surface area contributed by atoms with E-state index in [9.17, 15) is 14.9 Å². The molecule has 26 heavy (non-hydrogen) atoms. The van der Waals surface area contributed by atoms with Gasteiger partial charge in [-0.25, -0.2) is 0 Å². The van der Waals surface area contributed by atoms with Gasteiger partial charge in [0.15, 0.2) is 5.11 Å². The summed E-state index contributed by atoms with van der Waals surface area (Å²) >= 11 is 10.8. The van der Waals surface area contributed by atoms with Crippen LogP contribution in [0.4, 0.5) is 11.4 Å². The monoisotopic (exact) mass is 391 g/mol. The summed E-state index contributed by atoms with van der Waals surface area (Å²) in [4.78, 5) is 22.2. The first-order valence-electron chi connectivity index (χ1n) is 7.27. The highest BCUT2D eigenvalue weighted by Gasteiger charge is 2.13. The molecule has 134 valence electrons. The number of ether oxygens (including phenoxy) is 1. The summed E-state index contributed by atoms with van der Waals surface area (Å²) < 4.78 is 5.06. The Morgan fingerprint density at radius 2 is 1.96 bits per heavy atom. The van der Waals surface area contributed by atoms with Crippen LogP contribution in [0.3, 0.4) is 0 Å². The fraction of sp³-hybridized carbons (Fsp3) is 0.0588. The fourth-order valence-electron chi connectivity index (χ4n) is 1.93. The first-order chi connectivity index (χ1) is 12.4. The molecule has 0 atom stereocenters. The number of anilines is 1. The molecule has 7 nitrogen and oxygen atoms in total. The maximum absolute atomic E-state index is 11.9. The molecule has 2 aromatic rings. The number of benzene rings is 2. The first kappa shape index (κ1) is 19.4. The number of nitrogens with zero attached hydrogens (tertiary/aromatic N) is 1. The van der Waals surface area contributed by atoms with Crippen molar-refractivity contribution in [1.29, 1.82) is 0 Å². The maximum Gasteiger partial charge on any atom is 0.289 e. The van der Waals surface area contributed by atoms with Crippen molar-refractivity contribution in [2.45, 2.75) is 0 Å². The van der Waals surface area contributed by atoms with Gasteiger partial charge in [-0.05, 0) is 48.1 Å². The number of nitro groups is 1. The first-order valence-corrected chi connectivity index (χ1v) is 8.05. The molecule has 0 radical (unpaired) electrons. The molecule has 0 spiro atoms. The lowest BCUT2D eigenvalue weighted by atomic mass is 10.2. The van der Waals surface area contributed by atoms with Crippen molar-refractivity contribution in [3.63, 3.8) is 0 Å². The fourth-order valence-corrected chi connectivity index (χ4v) is 2.34. The molecule has 2 N–H and O–H groups in total. The minimum atomic E-state index is -0.604. The number of hydrogen-bond donors (Lipinski definition) is 2. The summed E-state index contributed by atoms with van der Waals surface area (Å²) in [5.74, 6) is 0.274. The average Bonchev–Trinajstić information content (AvgIpc) is 2.61. The van der Waals surface area contributed by atoms with E-state index in [0.29, 0.717) is 11.4 Å². The molecular formula is C17H14ClN3O4S. The van der Waals surface area contributed by atoms with E-state index in [-0.39, 0.29) is 15.8 Å². The Morgan fingerprint density at radius 3 is 2.58 bits per heavy atom. The summed E-state index contributed by atoms with van der Waals surface area (Å²) in [6.45, 7) is 0. The number of carbonyl (C=O) groups is 1. The second-order valence-electron chi connectivity index (χ2n) is 4.97. The van der Waals surface area contributed by atoms with E-state index in [2.05, 4.69) is 10.6 Å². The van der Waals surface area contributed by atoms with Gasteiger partial charge in [-0.3, -0.25) is 20.2 Å². The number of rotatable bonds is 5. The third-order valence-electron chi connectivity index (χ3n) is 3.18. The Kier molecular flexibility index (Phi) is 6.65. The van der Waals surface area contributed by atoms with Crippen LogP contribution in [-0.2, 0) is 4.79 Å². The minimum absolute atomic E-state index is 0.00556. The zero-order valence-corrected chi connectivity index (χ0v) is 15.1. The molecule has 0 aliphatic rings. The van der Waals surface area contributed by atoms with Crippen LogP contribution >= 0.6 is 23.8 Å². The Hall–Kier alpha value is -2.97. The molecule has 0 unspecified atom stereocenters. The lowest BCUT2D eigenvalue weighted by Crippen LogP contribution is -2.32. The summed E-state index contributed by atoms with van der Waals surface area (Å²) in [7, 11) is 1.57. The van der Waals surface area contributed by atoms with Gasteiger partial charge in [-0.1, -0.05) is 23.7 Å².